The zero-order valence-corrected chi connectivity index (χ0v) is 11.8. The van der Waals surface area contributed by atoms with Gasteiger partial charge in [-0.25, -0.2) is 9.97 Å². The smallest absolute Gasteiger partial charge is 0.293 e. The Kier molecular flexibility index (Phi) is 3.58. The second-order valence-corrected chi connectivity index (χ2v) is 5.07. The van der Waals surface area contributed by atoms with E-state index in [0.717, 1.165) is 19.4 Å². The standard InChI is InChI=1S/C13H14ClN3O3/c1-17-10-6-15-13(14)16-9(10)5-11(12(17)18)20-7-8-3-2-4-19-8/h5-6,8H,2-4,7H2,1H3. The van der Waals surface area contributed by atoms with Crippen LogP contribution in [0, 0.1) is 0 Å². The molecule has 3 rings (SSSR count). The van der Waals surface area contributed by atoms with Crippen LogP contribution in [-0.2, 0) is 11.8 Å². The van der Waals surface area contributed by atoms with Crippen molar-refractivity contribution >= 4 is 22.6 Å². The van der Waals surface area contributed by atoms with Crippen LogP contribution in [-0.4, -0.2) is 33.9 Å². The molecule has 6 nitrogen and oxygen atoms in total. The third-order valence-electron chi connectivity index (χ3n) is 3.36. The topological polar surface area (TPSA) is 66.2 Å². The SMILES string of the molecule is Cn1c(=O)c(OCC2CCCO2)cc2nc(Cl)ncc21. The molecule has 0 spiro atoms. The molecule has 1 atom stereocenters. The summed E-state index contributed by atoms with van der Waals surface area (Å²) >= 11 is 5.77. The van der Waals surface area contributed by atoms with Crippen LogP contribution in [0.1, 0.15) is 12.8 Å². The molecular formula is C13H14ClN3O3. The van der Waals surface area contributed by atoms with E-state index in [0.29, 0.717) is 17.6 Å². The second kappa shape index (κ2) is 5.38. The van der Waals surface area contributed by atoms with Gasteiger partial charge >= 0.3 is 0 Å². The zero-order chi connectivity index (χ0) is 14.1. The van der Waals surface area contributed by atoms with Gasteiger partial charge in [-0.1, -0.05) is 0 Å². The Labute approximate surface area is 120 Å². The first-order chi connectivity index (χ1) is 9.65. The van der Waals surface area contributed by atoms with E-state index in [1.807, 2.05) is 0 Å². The van der Waals surface area contributed by atoms with E-state index >= 15 is 0 Å². The molecule has 0 radical (unpaired) electrons. The lowest BCUT2D eigenvalue weighted by atomic mass is 10.2. The van der Waals surface area contributed by atoms with Crippen LogP contribution in [0.5, 0.6) is 5.75 Å². The van der Waals surface area contributed by atoms with Gasteiger partial charge in [-0.15, -0.1) is 0 Å². The lowest BCUT2D eigenvalue weighted by Crippen LogP contribution is -2.24. The van der Waals surface area contributed by atoms with Crippen LogP contribution >= 0.6 is 11.6 Å². The number of aryl methyl sites for hydroxylation is 1. The Bertz CT molecular complexity index is 695. The summed E-state index contributed by atoms with van der Waals surface area (Å²) in [6, 6.07) is 1.60. The van der Waals surface area contributed by atoms with Crippen LogP contribution in [0.2, 0.25) is 5.28 Å². The Morgan fingerprint density at radius 1 is 1.60 bits per heavy atom. The molecule has 0 N–H and O–H groups in total. The van der Waals surface area contributed by atoms with E-state index < -0.39 is 0 Å². The molecule has 2 aromatic heterocycles. The second-order valence-electron chi connectivity index (χ2n) is 4.73. The first-order valence-corrected chi connectivity index (χ1v) is 6.79. The molecule has 0 saturated carbocycles. The average Bonchev–Trinajstić information content (AvgIpc) is 2.94. The summed E-state index contributed by atoms with van der Waals surface area (Å²) in [7, 11) is 1.65. The minimum Gasteiger partial charge on any atom is -0.485 e. The highest BCUT2D eigenvalue weighted by molar-refractivity contribution is 6.28. The molecule has 1 aliphatic rings. The summed E-state index contributed by atoms with van der Waals surface area (Å²) in [5, 5.41) is 0.140. The van der Waals surface area contributed by atoms with Gasteiger partial charge in [0, 0.05) is 19.7 Å². The van der Waals surface area contributed by atoms with Gasteiger partial charge in [-0.3, -0.25) is 4.79 Å². The quantitative estimate of drug-likeness (QED) is 0.804. The van der Waals surface area contributed by atoms with Crippen molar-refractivity contribution in [1.29, 1.82) is 0 Å². The number of hydrogen-bond donors (Lipinski definition) is 0. The molecule has 20 heavy (non-hydrogen) atoms. The summed E-state index contributed by atoms with van der Waals surface area (Å²) in [4.78, 5) is 20.2. The molecular weight excluding hydrogens is 282 g/mol. The molecule has 106 valence electrons. The van der Waals surface area contributed by atoms with Crippen molar-refractivity contribution in [2.75, 3.05) is 13.2 Å². The maximum Gasteiger partial charge on any atom is 0.293 e. The van der Waals surface area contributed by atoms with E-state index in [1.54, 1.807) is 13.1 Å². The van der Waals surface area contributed by atoms with Gasteiger partial charge in [0.2, 0.25) is 5.28 Å². The summed E-state index contributed by atoms with van der Waals surface area (Å²) < 4.78 is 12.5. The van der Waals surface area contributed by atoms with Crippen molar-refractivity contribution in [2.24, 2.45) is 7.05 Å². The monoisotopic (exact) mass is 295 g/mol. The molecule has 0 amide bonds. The van der Waals surface area contributed by atoms with Crippen molar-refractivity contribution in [1.82, 2.24) is 14.5 Å². The molecule has 1 fully saturated rings. The highest BCUT2D eigenvalue weighted by Crippen LogP contribution is 2.17. The molecule has 0 bridgehead atoms. The van der Waals surface area contributed by atoms with Crippen molar-refractivity contribution in [3.63, 3.8) is 0 Å². The van der Waals surface area contributed by atoms with Crippen molar-refractivity contribution < 1.29 is 9.47 Å². The third-order valence-corrected chi connectivity index (χ3v) is 3.54. The van der Waals surface area contributed by atoms with E-state index in [1.165, 1.54) is 10.8 Å². The van der Waals surface area contributed by atoms with Crippen molar-refractivity contribution in [3.8, 4) is 5.75 Å². The summed E-state index contributed by atoms with van der Waals surface area (Å²) in [6.45, 7) is 1.13. The van der Waals surface area contributed by atoms with Crippen LogP contribution in [0.3, 0.4) is 0 Å². The van der Waals surface area contributed by atoms with Crippen molar-refractivity contribution in [3.05, 3.63) is 27.9 Å². The van der Waals surface area contributed by atoms with E-state index in [4.69, 9.17) is 21.1 Å². The fourth-order valence-electron chi connectivity index (χ4n) is 2.25. The predicted octanol–water partition coefficient (Wildman–Crippen LogP) is 1.54. The Balaban J connectivity index is 1.93. The van der Waals surface area contributed by atoms with Crippen LogP contribution < -0.4 is 10.3 Å². The van der Waals surface area contributed by atoms with Gasteiger partial charge in [0.05, 0.1) is 23.3 Å². The minimum atomic E-state index is -0.221. The number of ether oxygens (including phenoxy) is 2. The van der Waals surface area contributed by atoms with Gasteiger partial charge < -0.3 is 14.0 Å². The van der Waals surface area contributed by atoms with E-state index in [-0.39, 0.29) is 22.7 Å². The summed E-state index contributed by atoms with van der Waals surface area (Å²) in [6.07, 6.45) is 3.58. The van der Waals surface area contributed by atoms with Gasteiger partial charge in [-0.05, 0) is 24.4 Å². The highest BCUT2D eigenvalue weighted by Gasteiger charge is 2.17. The molecule has 1 aliphatic heterocycles. The lowest BCUT2D eigenvalue weighted by Gasteiger charge is -2.12. The van der Waals surface area contributed by atoms with E-state index in [2.05, 4.69) is 9.97 Å². The number of nitrogens with zero attached hydrogens (tertiary/aromatic N) is 3. The highest BCUT2D eigenvalue weighted by atomic mass is 35.5. The van der Waals surface area contributed by atoms with Gasteiger partial charge in [0.1, 0.15) is 6.61 Å². The third kappa shape index (κ3) is 2.48. The number of rotatable bonds is 3. The van der Waals surface area contributed by atoms with Crippen LogP contribution in [0.15, 0.2) is 17.1 Å². The number of halogens is 1. The fraction of sp³-hybridized carbons (Fsp3) is 0.462. The fourth-order valence-corrected chi connectivity index (χ4v) is 2.39. The van der Waals surface area contributed by atoms with Crippen LogP contribution in [0.4, 0.5) is 0 Å². The number of pyridine rings is 1. The van der Waals surface area contributed by atoms with Crippen molar-refractivity contribution in [2.45, 2.75) is 18.9 Å². The van der Waals surface area contributed by atoms with Gasteiger partial charge in [0.25, 0.3) is 5.56 Å². The maximum atomic E-state index is 12.2. The first kappa shape index (κ1) is 13.3. The Morgan fingerprint density at radius 3 is 3.20 bits per heavy atom. The number of hydrogen-bond acceptors (Lipinski definition) is 5. The molecule has 1 saturated heterocycles. The summed E-state index contributed by atoms with van der Waals surface area (Å²) in [5.74, 6) is 0.255. The van der Waals surface area contributed by atoms with Gasteiger partial charge in [0.15, 0.2) is 5.75 Å². The van der Waals surface area contributed by atoms with E-state index in [9.17, 15) is 4.79 Å². The number of aromatic nitrogens is 3. The molecule has 7 heteroatoms. The molecule has 1 unspecified atom stereocenters. The minimum absolute atomic E-state index is 0.0596. The lowest BCUT2D eigenvalue weighted by molar-refractivity contribution is 0.0673. The molecule has 3 heterocycles. The number of fused-ring (bicyclic) bond motifs is 1. The average molecular weight is 296 g/mol. The molecule has 0 aliphatic carbocycles. The largest absolute Gasteiger partial charge is 0.485 e. The normalized spacial score (nSPS) is 18.6. The predicted molar refractivity (Wildman–Crippen MR) is 74.3 cm³/mol. The first-order valence-electron chi connectivity index (χ1n) is 6.42. The zero-order valence-electron chi connectivity index (χ0n) is 11.0. The van der Waals surface area contributed by atoms with Gasteiger partial charge in [-0.2, -0.15) is 0 Å². The maximum absolute atomic E-state index is 12.2. The summed E-state index contributed by atoms with van der Waals surface area (Å²) in [5.41, 5.74) is 0.972. The van der Waals surface area contributed by atoms with Crippen LogP contribution in [0.25, 0.3) is 11.0 Å². The molecule has 2 aromatic rings. The Hall–Kier alpha value is -1.66. The molecule has 0 aromatic carbocycles. The Morgan fingerprint density at radius 2 is 2.45 bits per heavy atom.